The third kappa shape index (κ3) is 4.54. The van der Waals surface area contributed by atoms with E-state index >= 15 is 0 Å². The Kier molecular flexibility index (Phi) is 5.97. The third-order valence-electron chi connectivity index (χ3n) is 5.28. The molecule has 0 unspecified atom stereocenters. The Morgan fingerprint density at radius 1 is 1.28 bits per heavy atom. The molecule has 0 bridgehead atoms. The fourth-order valence-electron chi connectivity index (χ4n) is 3.97. The van der Waals surface area contributed by atoms with E-state index in [1.807, 2.05) is 0 Å². The number of fused-ring (bicyclic) bond motifs is 1. The molecule has 0 aliphatic carbocycles. The van der Waals surface area contributed by atoms with E-state index in [1.165, 1.54) is 52.0 Å². The zero-order valence-corrected chi connectivity index (χ0v) is 14.8. The summed E-state index contributed by atoms with van der Waals surface area (Å²) in [6.45, 7) is 2.89. The summed E-state index contributed by atoms with van der Waals surface area (Å²) in [7, 11) is 1.50. The van der Waals surface area contributed by atoms with Crippen LogP contribution in [0.1, 0.15) is 37.7 Å². The molecule has 25 heavy (non-hydrogen) atoms. The van der Waals surface area contributed by atoms with Crippen LogP contribution in [0.2, 0.25) is 0 Å². The molecule has 0 amide bonds. The van der Waals surface area contributed by atoms with Crippen molar-refractivity contribution in [1.29, 1.82) is 0 Å². The van der Waals surface area contributed by atoms with E-state index in [0.29, 0.717) is 24.3 Å². The SMILES string of the molecule is COc1cc(/C=C/C(=O)OC[C@H]2CCCN3CCCC[C@H]23)ccc1O. The fraction of sp³-hybridized carbons (Fsp3) is 0.550. The van der Waals surface area contributed by atoms with Gasteiger partial charge in [0.05, 0.1) is 13.7 Å². The van der Waals surface area contributed by atoms with E-state index in [4.69, 9.17) is 9.47 Å². The quantitative estimate of drug-likeness (QED) is 0.656. The molecular formula is C20H27NO4. The van der Waals surface area contributed by atoms with Crippen molar-refractivity contribution < 1.29 is 19.4 Å². The van der Waals surface area contributed by atoms with Gasteiger partial charge in [-0.1, -0.05) is 12.5 Å². The molecule has 1 aromatic rings. The molecule has 2 aliphatic heterocycles. The van der Waals surface area contributed by atoms with E-state index in [1.54, 1.807) is 24.3 Å². The van der Waals surface area contributed by atoms with Crippen LogP contribution in [0.3, 0.4) is 0 Å². The smallest absolute Gasteiger partial charge is 0.330 e. The molecule has 0 aromatic heterocycles. The molecule has 2 atom stereocenters. The molecule has 2 saturated heterocycles. The van der Waals surface area contributed by atoms with Crippen LogP contribution in [0.25, 0.3) is 6.08 Å². The van der Waals surface area contributed by atoms with Crippen LogP contribution >= 0.6 is 0 Å². The number of esters is 1. The molecule has 5 heteroatoms. The maximum atomic E-state index is 12.0. The van der Waals surface area contributed by atoms with Gasteiger partial charge >= 0.3 is 5.97 Å². The monoisotopic (exact) mass is 345 g/mol. The molecule has 3 rings (SSSR count). The number of ether oxygens (including phenoxy) is 2. The Morgan fingerprint density at radius 3 is 2.96 bits per heavy atom. The lowest BCUT2D eigenvalue weighted by molar-refractivity contribution is -0.140. The molecular weight excluding hydrogens is 318 g/mol. The molecule has 2 fully saturated rings. The van der Waals surface area contributed by atoms with Gasteiger partial charge in [-0.15, -0.1) is 0 Å². The van der Waals surface area contributed by atoms with Crippen molar-refractivity contribution in [2.75, 3.05) is 26.8 Å². The van der Waals surface area contributed by atoms with Gasteiger partial charge in [-0.25, -0.2) is 4.79 Å². The highest BCUT2D eigenvalue weighted by Crippen LogP contribution is 2.31. The van der Waals surface area contributed by atoms with Crippen molar-refractivity contribution in [1.82, 2.24) is 4.90 Å². The summed E-state index contributed by atoms with van der Waals surface area (Å²) in [5.74, 6) is 0.604. The molecule has 0 saturated carbocycles. The number of hydrogen-bond acceptors (Lipinski definition) is 5. The second kappa shape index (κ2) is 8.39. The number of methoxy groups -OCH3 is 1. The van der Waals surface area contributed by atoms with E-state index in [9.17, 15) is 9.90 Å². The molecule has 2 aliphatic rings. The lowest BCUT2D eigenvalue weighted by Crippen LogP contribution is -2.49. The molecule has 1 aromatic carbocycles. The average molecular weight is 345 g/mol. The van der Waals surface area contributed by atoms with Gasteiger partial charge in [0.15, 0.2) is 11.5 Å². The first-order valence-corrected chi connectivity index (χ1v) is 9.13. The number of hydrogen-bond donors (Lipinski definition) is 1. The predicted octanol–water partition coefficient (Wildman–Crippen LogP) is 3.22. The van der Waals surface area contributed by atoms with Gasteiger partial charge in [-0.2, -0.15) is 0 Å². The highest BCUT2D eigenvalue weighted by atomic mass is 16.5. The molecule has 1 N–H and O–H groups in total. The van der Waals surface area contributed by atoms with Gasteiger partial charge in [0.2, 0.25) is 0 Å². The lowest BCUT2D eigenvalue weighted by atomic mass is 9.84. The summed E-state index contributed by atoms with van der Waals surface area (Å²) in [6, 6.07) is 5.53. The first kappa shape index (κ1) is 17.8. The summed E-state index contributed by atoms with van der Waals surface area (Å²) < 4.78 is 10.6. The fourth-order valence-corrected chi connectivity index (χ4v) is 3.97. The van der Waals surface area contributed by atoms with Gasteiger partial charge in [-0.3, -0.25) is 4.90 Å². The summed E-state index contributed by atoms with van der Waals surface area (Å²) in [5, 5.41) is 9.59. The van der Waals surface area contributed by atoms with Crippen molar-refractivity contribution in [3.63, 3.8) is 0 Å². The van der Waals surface area contributed by atoms with Gasteiger partial charge in [0.1, 0.15) is 0 Å². The van der Waals surface area contributed by atoms with Crippen molar-refractivity contribution in [3.05, 3.63) is 29.8 Å². The number of aromatic hydroxyl groups is 1. The number of rotatable bonds is 5. The highest BCUT2D eigenvalue weighted by molar-refractivity contribution is 5.87. The van der Waals surface area contributed by atoms with Gasteiger partial charge in [0.25, 0.3) is 0 Å². The van der Waals surface area contributed by atoms with Crippen LogP contribution in [0.15, 0.2) is 24.3 Å². The zero-order valence-electron chi connectivity index (χ0n) is 14.8. The Balaban J connectivity index is 1.52. The zero-order chi connectivity index (χ0) is 17.6. The normalized spacial score (nSPS) is 24.0. The Labute approximate surface area is 149 Å². The van der Waals surface area contributed by atoms with Crippen LogP contribution < -0.4 is 4.74 Å². The van der Waals surface area contributed by atoms with Crippen LogP contribution in [-0.2, 0) is 9.53 Å². The maximum Gasteiger partial charge on any atom is 0.330 e. The topological polar surface area (TPSA) is 59.0 Å². The van der Waals surface area contributed by atoms with Crippen LogP contribution in [0, 0.1) is 5.92 Å². The van der Waals surface area contributed by atoms with Crippen LogP contribution in [0.5, 0.6) is 11.5 Å². The maximum absolute atomic E-state index is 12.0. The minimum Gasteiger partial charge on any atom is -0.504 e. The second-order valence-electron chi connectivity index (χ2n) is 6.90. The number of piperidine rings is 2. The Bertz CT molecular complexity index is 626. The first-order chi connectivity index (χ1) is 12.2. The first-order valence-electron chi connectivity index (χ1n) is 9.13. The van der Waals surface area contributed by atoms with Crippen molar-refractivity contribution in [3.8, 4) is 11.5 Å². The van der Waals surface area contributed by atoms with E-state index in [0.717, 1.165) is 12.0 Å². The van der Waals surface area contributed by atoms with Gasteiger partial charge in [-0.05, 0) is 62.5 Å². The van der Waals surface area contributed by atoms with E-state index in [2.05, 4.69) is 4.90 Å². The average Bonchev–Trinajstić information content (AvgIpc) is 2.65. The van der Waals surface area contributed by atoms with Crippen molar-refractivity contribution in [2.45, 2.75) is 38.1 Å². The Morgan fingerprint density at radius 2 is 2.12 bits per heavy atom. The third-order valence-corrected chi connectivity index (χ3v) is 5.28. The Hall–Kier alpha value is -2.01. The number of carbonyl (C=O) groups excluding carboxylic acids is 1. The predicted molar refractivity (Wildman–Crippen MR) is 96.6 cm³/mol. The summed E-state index contributed by atoms with van der Waals surface area (Å²) in [5.41, 5.74) is 0.780. The van der Waals surface area contributed by atoms with Gasteiger partial charge in [0, 0.05) is 18.0 Å². The number of nitrogens with zero attached hydrogens (tertiary/aromatic N) is 1. The summed E-state index contributed by atoms with van der Waals surface area (Å²) in [6.07, 6.45) is 9.27. The summed E-state index contributed by atoms with van der Waals surface area (Å²) >= 11 is 0. The molecule has 5 nitrogen and oxygen atoms in total. The molecule has 136 valence electrons. The molecule has 0 radical (unpaired) electrons. The number of phenols is 1. The van der Waals surface area contributed by atoms with Crippen LogP contribution in [0.4, 0.5) is 0 Å². The highest BCUT2D eigenvalue weighted by Gasteiger charge is 2.33. The minimum absolute atomic E-state index is 0.0801. The minimum atomic E-state index is -0.319. The number of carbonyl (C=O) groups is 1. The van der Waals surface area contributed by atoms with Crippen molar-refractivity contribution >= 4 is 12.0 Å². The van der Waals surface area contributed by atoms with Crippen LogP contribution in [-0.4, -0.2) is 48.8 Å². The standard InChI is InChI=1S/C20H27NO4/c1-24-19-13-15(7-9-18(19)22)8-10-20(23)25-14-16-5-4-12-21-11-3-2-6-17(16)21/h7-10,13,16-17,22H,2-6,11-12,14H2,1H3/b10-8+/t16-,17-/m1/s1. The number of benzene rings is 1. The largest absolute Gasteiger partial charge is 0.504 e. The van der Waals surface area contributed by atoms with E-state index in [-0.39, 0.29) is 11.7 Å². The lowest BCUT2D eigenvalue weighted by Gasteiger charge is -2.44. The number of phenolic OH excluding ortho intramolecular Hbond substituents is 1. The summed E-state index contributed by atoms with van der Waals surface area (Å²) in [4.78, 5) is 14.6. The van der Waals surface area contributed by atoms with E-state index < -0.39 is 0 Å². The van der Waals surface area contributed by atoms with Crippen molar-refractivity contribution in [2.24, 2.45) is 5.92 Å². The molecule has 0 spiro atoms. The van der Waals surface area contributed by atoms with Gasteiger partial charge < -0.3 is 14.6 Å². The second-order valence-corrected chi connectivity index (χ2v) is 6.90. The molecule has 2 heterocycles.